The first-order valence-electron chi connectivity index (χ1n) is 6.07. The van der Waals surface area contributed by atoms with Crippen molar-refractivity contribution in [1.29, 1.82) is 0 Å². The highest BCUT2D eigenvalue weighted by Gasteiger charge is 2.15. The zero-order chi connectivity index (χ0) is 13.0. The van der Waals surface area contributed by atoms with Gasteiger partial charge < -0.3 is 5.32 Å². The number of Topliss-reactive ketones (excluding diaryl/α,β-unsaturated/α-hetero) is 1. The Labute approximate surface area is 105 Å². The van der Waals surface area contributed by atoms with Gasteiger partial charge >= 0.3 is 0 Å². The molecule has 0 bridgehead atoms. The van der Waals surface area contributed by atoms with Crippen molar-refractivity contribution in [2.24, 2.45) is 0 Å². The number of benzene rings is 1. The van der Waals surface area contributed by atoms with Gasteiger partial charge in [0.15, 0.2) is 5.78 Å². The van der Waals surface area contributed by atoms with E-state index in [1.54, 1.807) is 0 Å². The Balaban J connectivity index is 2.01. The van der Waals surface area contributed by atoms with Gasteiger partial charge in [0.1, 0.15) is 11.6 Å². The summed E-state index contributed by atoms with van der Waals surface area (Å²) >= 11 is 0. The van der Waals surface area contributed by atoms with Gasteiger partial charge in [0.2, 0.25) is 0 Å². The summed E-state index contributed by atoms with van der Waals surface area (Å²) in [4.78, 5) is 13.9. The van der Waals surface area contributed by atoms with E-state index in [4.69, 9.17) is 0 Å². The molecule has 0 atom stereocenters. The molecule has 1 saturated heterocycles. The lowest BCUT2D eigenvalue weighted by molar-refractivity contribution is 0.0934. The van der Waals surface area contributed by atoms with Gasteiger partial charge in [-0.1, -0.05) is 0 Å². The number of hydrogen-bond donors (Lipinski definition) is 1. The van der Waals surface area contributed by atoms with Gasteiger partial charge in [0.25, 0.3) is 0 Å². The Morgan fingerprint density at radius 1 is 1.17 bits per heavy atom. The van der Waals surface area contributed by atoms with Gasteiger partial charge in [0.05, 0.1) is 6.54 Å². The lowest BCUT2D eigenvalue weighted by atomic mass is 10.1. The third-order valence-corrected chi connectivity index (χ3v) is 2.98. The van der Waals surface area contributed by atoms with Crippen LogP contribution in [0.15, 0.2) is 18.2 Å². The number of hydrogen-bond acceptors (Lipinski definition) is 3. The molecule has 0 aromatic heterocycles. The quantitative estimate of drug-likeness (QED) is 0.828. The van der Waals surface area contributed by atoms with Gasteiger partial charge in [-0.25, -0.2) is 8.78 Å². The summed E-state index contributed by atoms with van der Waals surface area (Å²) in [5, 5.41) is 3.24. The molecule has 3 nitrogen and oxygen atoms in total. The standard InChI is InChI=1S/C13H16F2N2O/c14-11-6-10(7-12(15)8-11)13(18)9-17-4-1-2-16-3-5-17/h6-8,16H,1-5,9H2. The predicted octanol–water partition coefficient (Wildman–Crippen LogP) is 1.44. The second kappa shape index (κ2) is 6.02. The fourth-order valence-electron chi connectivity index (χ4n) is 2.07. The third-order valence-electron chi connectivity index (χ3n) is 2.98. The highest BCUT2D eigenvalue weighted by atomic mass is 19.1. The summed E-state index contributed by atoms with van der Waals surface area (Å²) in [7, 11) is 0. The van der Waals surface area contributed by atoms with Crippen LogP contribution >= 0.6 is 0 Å². The lowest BCUT2D eigenvalue weighted by Gasteiger charge is -2.18. The van der Waals surface area contributed by atoms with E-state index in [1.807, 2.05) is 4.90 Å². The third kappa shape index (κ3) is 3.58. The van der Waals surface area contributed by atoms with E-state index in [2.05, 4.69) is 5.32 Å². The molecule has 18 heavy (non-hydrogen) atoms. The van der Waals surface area contributed by atoms with E-state index in [-0.39, 0.29) is 17.9 Å². The molecule has 1 aromatic carbocycles. The lowest BCUT2D eigenvalue weighted by Crippen LogP contribution is -2.33. The smallest absolute Gasteiger partial charge is 0.177 e. The van der Waals surface area contributed by atoms with E-state index in [9.17, 15) is 13.6 Å². The van der Waals surface area contributed by atoms with Gasteiger partial charge in [0, 0.05) is 24.7 Å². The number of carbonyl (C=O) groups is 1. The van der Waals surface area contributed by atoms with E-state index < -0.39 is 11.6 Å². The minimum Gasteiger partial charge on any atom is -0.315 e. The van der Waals surface area contributed by atoms with E-state index >= 15 is 0 Å². The van der Waals surface area contributed by atoms with Crippen LogP contribution < -0.4 is 5.32 Å². The van der Waals surface area contributed by atoms with Crippen LogP contribution in [0.25, 0.3) is 0 Å². The topological polar surface area (TPSA) is 32.3 Å². The minimum atomic E-state index is -0.712. The molecule has 0 saturated carbocycles. The van der Waals surface area contributed by atoms with Crippen molar-refractivity contribution < 1.29 is 13.6 Å². The van der Waals surface area contributed by atoms with Crippen molar-refractivity contribution in [3.8, 4) is 0 Å². The van der Waals surface area contributed by atoms with Crippen molar-refractivity contribution in [3.05, 3.63) is 35.4 Å². The maximum Gasteiger partial charge on any atom is 0.177 e. The van der Waals surface area contributed by atoms with Crippen molar-refractivity contribution >= 4 is 5.78 Å². The molecule has 98 valence electrons. The molecular weight excluding hydrogens is 238 g/mol. The second-order valence-corrected chi connectivity index (χ2v) is 4.46. The van der Waals surface area contributed by atoms with Crippen LogP contribution in [-0.2, 0) is 0 Å². The van der Waals surface area contributed by atoms with E-state index in [1.165, 1.54) is 0 Å². The number of nitrogens with one attached hydrogen (secondary N) is 1. The molecule has 0 unspecified atom stereocenters. The normalized spacial score (nSPS) is 17.4. The molecule has 1 aromatic rings. The van der Waals surface area contributed by atoms with E-state index in [0.29, 0.717) is 0 Å². The Morgan fingerprint density at radius 2 is 1.89 bits per heavy atom. The molecular formula is C13H16F2N2O. The summed E-state index contributed by atoms with van der Waals surface area (Å²) in [6, 6.07) is 2.94. The van der Waals surface area contributed by atoms with Crippen LogP contribution in [0.3, 0.4) is 0 Å². The van der Waals surface area contributed by atoms with Crippen LogP contribution in [-0.4, -0.2) is 43.4 Å². The van der Waals surface area contributed by atoms with Crippen LogP contribution in [0.1, 0.15) is 16.8 Å². The van der Waals surface area contributed by atoms with Gasteiger partial charge in [-0.05, 0) is 31.6 Å². The van der Waals surface area contributed by atoms with Crippen LogP contribution in [0, 0.1) is 11.6 Å². The summed E-state index contributed by atoms with van der Waals surface area (Å²) in [5.74, 6) is -1.66. The molecule has 2 rings (SSSR count). The van der Waals surface area contributed by atoms with Crippen LogP contribution in [0.2, 0.25) is 0 Å². The number of halogens is 2. The summed E-state index contributed by atoms with van der Waals surface area (Å²) in [6.45, 7) is 3.61. The molecule has 0 spiro atoms. The average molecular weight is 254 g/mol. The highest BCUT2D eigenvalue weighted by molar-refractivity contribution is 5.97. The maximum atomic E-state index is 13.0. The van der Waals surface area contributed by atoms with Crippen molar-refractivity contribution in [2.45, 2.75) is 6.42 Å². The Morgan fingerprint density at radius 3 is 2.61 bits per heavy atom. The SMILES string of the molecule is O=C(CN1CCCNCC1)c1cc(F)cc(F)c1. The molecule has 0 radical (unpaired) electrons. The maximum absolute atomic E-state index is 13.0. The first-order valence-corrected chi connectivity index (χ1v) is 6.07. The second-order valence-electron chi connectivity index (χ2n) is 4.46. The Hall–Kier alpha value is -1.33. The molecule has 1 aliphatic rings. The first-order chi connectivity index (χ1) is 8.65. The van der Waals surface area contributed by atoms with Gasteiger partial charge in [-0.2, -0.15) is 0 Å². The molecule has 0 amide bonds. The fourth-order valence-corrected chi connectivity index (χ4v) is 2.07. The van der Waals surface area contributed by atoms with Crippen LogP contribution in [0.5, 0.6) is 0 Å². The first kappa shape index (κ1) is 13.1. The number of ketones is 1. The van der Waals surface area contributed by atoms with Crippen molar-refractivity contribution in [1.82, 2.24) is 10.2 Å². The largest absolute Gasteiger partial charge is 0.315 e. The molecule has 1 N–H and O–H groups in total. The fraction of sp³-hybridized carbons (Fsp3) is 0.462. The highest BCUT2D eigenvalue weighted by Crippen LogP contribution is 2.09. The van der Waals surface area contributed by atoms with Gasteiger partial charge in [-0.3, -0.25) is 9.69 Å². The number of rotatable bonds is 3. The Kier molecular flexibility index (Phi) is 4.38. The van der Waals surface area contributed by atoms with E-state index in [0.717, 1.165) is 50.8 Å². The molecule has 1 heterocycles. The predicted molar refractivity (Wildman–Crippen MR) is 64.6 cm³/mol. The van der Waals surface area contributed by atoms with Gasteiger partial charge in [-0.15, -0.1) is 0 Å². The minimum absolute atomic E-state index is 0.102. The van der Waals surface area contributed by atoms with Crippen molar-refractivity contribution in [3.63, 3.8) is 0 Å². The summed E-state index contributed by atoms with van der Waals surface area (Å²) in [6.07, 6.45) is 0.977. The number of carbonyl (C=O) groups excluding carboxylic acids is 1. The molecule has 5 heteroatoms. The summed E-state index contributed by atoms with van der Waals surface area (Å²) in [5.41, 5.74) is 0.102. The molecule has 0 aliphatic carbocycles. The molecule has 1 fully saturated rings. The summed E-state index contributed by atoms with van der Waals surface area (Å²) < 4.78 is 26.0. The number of nitrogens with zero attached hydrogens (tertiary/aromatic N) is 1. The monoisotopic (exact) mass is 254 g/mol. The van der Waals surface area contributed by atoms with Crippen LogP contribution in [0.4, 0.5) is 8.78 Å². The average Bonchev–Trinajstić information content (AvgIpc) is 2.56. The zero-order valence-electron chi connectivity index (χ0n) is 10.1. The Bertz CT molecular complexity index is 409. The molecule has 1 aliphatic heterocycles. The zero-order valence-corrected chi connectivity index (χ0v) is 10.1. The van der Waals surface area contributed by atoms with Crippen molar-refractivity contribution in [2.75, 3.05) is 32.7 Å².